The number of aliphatic carboxylic acids is 1. The molecule has 0 saturated carbocycles. The fourth-order valence-electron chi connectivity index (χ4n) is 9.37. The van der Waals surface area contributed by atoms with Gasteiger partial charge in [0.15, 0.2) is 0 Å². The van der Waals surface area contributed by atoms with Crippen LogP contribution >= 0.6 is 11.6 Å². The standard InChI is InChI=1S/C46H48ClN9O5.C2HF3O2/c1-46(2,32-19-30(23-48)20-33(47)21-32)31-3-6-37(7-4-31)61-28-34-11-13-49-45(50-34)54-17-15-53(16-18-54)36-26-52(27-36)24-29-12-14-55(25-29)35-5-8-38-39(22-35)44(60)56(43(38)59)40-9-10-41(57)51-42(40)58;3-2(4,5)1(6)7/h3-8,11,13,19-22,29,36,40H,9-10,12,14-18,24-28H2,1-2H3,(H,51,57,58);(H,6,7). The molecule has 0 aliphatic carbocycles. The van der Waals surface area contributed by atoms with Gasteiger partial charge in [-0.15, -0.1) is 0 Å². The maximum Gasteiger partial charge on any atom is 0.490 e. The van der Waals surface area contributed by atoms with Gasteiger partial charge in [-0.1, -0.05) is 37.6 Å². The third-order valence-electron chi connectivity index (χ3n) is 13.3. The van der Waals surface area contributed by atoms with E-state index in [2.05, 4.69) is 49.8 Å². The molecule has 5 aliphatic rings. The van der Waals surface area contributed by atoms with E-state index < -0.39 is 35.9 Å². The van der Waals surface area contributed by atoms with Crippen LogP contribution in [0.15, 0.2) is 72.9 Å². The molecule has 0 radical (unpaired) electrons. The van der Waals surface area contributed by atoms with E-state index in [9.17, 15) is 37.6 Å². The molecule has 5 aliphatic heterocycles. The van der Waals surface area contributed by atoms with Gasteiger partial charge in [-0.2, -0.15) is 18.4 Å². The molecule has 6 heterocycles. The molecule has 9 rings (SSSR count). The van der Waals surface area contributed by atoms with Crippen LogP contribution in [0, 0.1) is 17.2 Å². The summed E-state index contributed by atoms with van der Waals surface area (Å²) < 4.78 is 37.9. The van der Waals surface area contributed by atoms with E-state index in [1.165, 1.54) is 0 Å². The highest BCUT2D eigenvalue weighted by Crippen LogP contribution is 2.36. The zero-order valence-corrected chi connectivity index (χ0v) is 38.1. The number of hydrogen-bond acceptors (Lipinski definition) is 13. The van der Waals surface area contributed by atoms with Gasteiger partial charge in [0.2, 0.25) is 17.8 Å². The van der Waals surface area contributed by atoms with E-state index in [1.807, 2.05) is 48.5 Å². The number of amides is 4. The molecule has 4 fully saturated rings. The fraction of sp³-hybridized carbons (Fsp3) is 0.417. The number of carbonyl (C=O) groups is 5. The zero-order chi connectivity index (χ0) is 48.5. The van der Waals surface area contributed by atoms with Crippen molar-refractivity contribution in [3.63, 3.8) is 0 Å². The fourth-order valence-corrected chi connectivity index (χ4v) is 9.61. The number of benzene rings is 3. The number of carbonyl (C=O) groups excluding carboxylic acids is 4. The van der Waals surface area contributed by atoms with Crippen LogP contribution in [0.3, 0.4) is 0 Å². The molecule has 2 atom stereocenters. The summed E-state index contributed by atoms with van der Waals surface area (Å²) in [5.41, 5.74) is 4.60. The molecule has 16 nitrogen and oxygen atoms in total. The summed E-state index contributed by atoms with van der Waals surface area (Å²) >= 11 is 6.30. The summed E-state index contributed by atoms with van der Waals surface area (Å²) in [5, 5.41) is 19.3. The molecule has 0 spiro atoms. The number of aromatic nitrogens is 2. The molecule has 0 bridgehead atoms. The topological polar surface area (TPSA) is 193 Å². The average Bonchev–Trinajstić information content (AvgIpc) is 3.87. The number of halogens is 4. The molecule has 1 aromatic heterocycles. The second-order valence-corrected chi connectivity index (χ2v) is 18.5. The number of piperazine rings is 1. The van der Waals surface area contributed by atoms with Gasteiger partial charge in [-0.05, 0) is 84.5 Å². The molecular weight excluding hydrogens is 907 g/mol. The van der Waals surface area contributed by atoms with Gasteiger partial charge in [0.05, 0.1) is 28.5 Å². The second-order valence-electron chi connectivity index (χ2n) is 18.1. The molecule has 2 N–H and O–H groups in total. The van der Waals surface area contributed by atoms with Gasteiger partial charge < -0.3 is 19.6 Å². The van der Waals surface area contributed by atoms with E-state index >= 15 is 0 Å². The summed E-state index contributed by atoms with van der Waals surface area (Å²) in [7, 11) is 0. The van der Waals surface area contributed by atoms with Gasteiger partial charge in [-0.3, -0.25) is 39.2 Å². The molecule has 2 unspecified atom stereocenters. The zero-order valence-electron chi connectivity index (χ0n) is 37.3. The third-order valence-corrected chi connectivity index (χ3v) is 13.5. The number of hydrogen-bond donors (Lipinski definition) is 2. The predicted molar refractivity (Wildman–Crippen MR) is 242 cm³/mol. The predicted octanol–water partition coefficient (Wildman–Crippen LogP) is 5.27. The molecule has 3 aromatic carbocycles. The summed E-state index contributed by atoms with van der Waals surface area (Å²) in [4.78, 5) is 79.6. The van der Waals surface area contributed by atoms with E-state index in [4.69, 9.17) is 31.2 Å². The van der Waals surface area contributed by atoms with Crippen LogP contribution in [0.1, 0.15) is 76.2 Å². The number of nitrogens with zero attached hydrogens (tertiary/aromatic N) is 8. The number of alkyl halides is 3. The van der Waals surface area contributed by atoms with Crippen molar-refractivity contribution in [1.29, 1.82) is 5.26 Å². The van der Waals surface area contributed by atoms with E-state index in [0.717, 1.165) is 104 Å². The number of rotatable bonds is 11. The lowest BCUT2D eigenvalue weighted by Gasteiger charge is -2.48. The lowest BCUT2D eigenvalue weighted by Crippen LogP contribution is -2.63. The lowest BCUT2D eigenvalue weighted by atomic mass is 9.78. The van der Waals surface area contributed by atoms with Crippen LogP contribution in [-0.4, -0.2) is 137 Å². The maximum absolute atomic E-state index is 13.4. The Kier molecular flexibility index (Phi) is 13.8. The third kappa shape index (κ3) is 10.4. The van der Waals surface area contributed by atoms with Crippen LogP contribution in [0.2, 0.25) is 5.02 Å². The van der Waals surface area contributed by atoms with E-state index in [-0.39, 0.29) is 24.2 Å². The van der Waals surface area contributed by atoms with Gasteiger partial charge in [0.25, 0.3) is 11.8 Å². The van der Waals surface area contributed by atoms with E-state index in [1.54, 1.807) is 24.4 Å². The van der Waals surface area contributed by atoms with Crippen LogP contribution in [0.25, 0.3) is 0 Å². The first-order chi connectivity index (χ1) is 32.4. The van der Waals surface area contributed by atoms with Crippen molar-refractivity contribution in [3.05, 3.63) is 111 Å². The summed E-state index contributed by atoms with van der Waals surface area (Å²) in [6, 6.07) is 22.5. The Hall–Kier alpha value is -6.62. The lowest BCUT2D eigenvalue weighted by molar-refractivity contribution is -0.192. The number of likely N-dealkylation sites (tertiary alicyclic amines) is 1. The smallest absolute Gasteiger partial charge is 0.487 e. The van der Waals surface area contributed by atoms with Gasteiger partial charge in [0.1, 0.15) is 18.4 Å². The van der Waals surface area contributed by atoms with Crippen LogP contribution < -0.4 is 19.9 Å². The summed E-state index contributed by atoms with van der Waals surface area (Å²) in [6.07, 6.45) is -1.99. The largest absolute Gasteiger partial charge is 0.490 e. The second kappa shape index (κ2) is 19.5. The number of carboxylic acids is 1. The molecule has 4 amide bonds. The molecule has 4 aromatic rings. The molecular formula is C48H49ClF3N9O7. The Morgan fingerprint density at radius 1 is 0.882 bits per heavy atom. The highest BCUT2D eigenvalue weighted by Gasteiger charge is 2.45. The van der Waals surface area contributed by atoms with Crippen molar-refractivity contribution in [2.75, 3.05) is 68.7 Å². The molecule has 4 saturated heterocycles. The number of nitriles is 1. The number of carboxylic acid groups (broad SMARTS) is 1. The number of fused-ring (bicyclic) bond motifs is 1. The van der Waals surface area contributed by atoms with Crippen molar-refractivity contribution in [2.45, 2.75) is 63.4 Å². The van der Waals surface area contributed by atoms with Crippen LogP contribution in [0.5, 0.6) is 5.75 Å². The minimum absolute atomic E-state index is 0.0973. The van der Waals surface area contributed by atoms with Crippen molar-refractivity contribution in [1.82, 2.24) is 30.0 Å². The molecule has 20 heteroatoms. The quantitative estimate of drug-likeness (QED) is 0.185. The number of anilines is 2. The number of ether oxygens (including phenoxy) is 1. The monoisotopic (exact) mass is 955 g/mol. The van der Waals surface area contributed by atoms with Crippen LogP contribution in [0.4, 0.5) is 24.8 Å². The SMILES string of the molecule is CC(C)(c1ccc(OCc2ccnc(N3CCN(C4CN(CC5CCN(c6ccc7c(c6)C(=O)N(C6CCC(=O)NC6=O)C7=O)C5)C4)CC3)n2)cc1)c1cc(Cl)cc(C#N)c1.O=C(O)C(F)(F)F. The Balaban J connectivity index is 0.000000830. The first-order valence-electron chi connectivity index (χ1n) is 22.3. The average molecular weight is 956 g/mol. The van der Waals surface area contributed by atoms with Crippen molar-refractivity contribution in [3.8, 4) is 11.8 Å². The Morgan fingerprint density at radius 2 is 1.59 bits per heavy atom. The normalized spacial score (nSPS) is 20.3. The highest BCUT2D eigenvalue weighted by atomic mass is 35.5. The van der Waals surface area contributed by atoms with Gasteiger partial charge in [0, 0.05) is 93.7 Å². The van der Waals surface area contributed by atoms with Crippen molar-refractivity contribution >= 4 is 52.8 Å². The number of nitrogens with one attached hydrogen (secondary N) is 1. The number of piperidine rings is 1. The minimum Gasteiger partial charge on any atom is -0.487 e. The Labute approximate surface area is 395 Å². The van der Waals surface area contributed by atoms with Crippen molar-refractivity contribution < 1.29 is 47.0 Å². The summed E-state index contributed by atoms with van der Waals surface area (Å²) in [6.45, 7) is 13.1. The van der Waals surface area contributed by atoms with E-state index in [0.29, 0.717) is 40.3 Å². The molecule has 356 valence electrons. The van der Waals surface area contributed by atoms with Crippen LogP contribution in [-0.2, 0) is 26.4 Å². The maximum atomic E-state index is 13.4. The van der Waals surface area contributed by atoms with Gasteiger partial charge in [-0.25, -0.2) is 14.8 Å². The number of imide groups is 2. The minimum atomic E-state index is -5.08. The highest BCUT2D eigenvalue weighted by molar-refractivity contribution is 6.30. The Morgan fingerprint density at radius 3 is 2.26 bits per heavy atom. The van der Waals surface area contributed by atoms with Crippen molar-refractivity contribution in [2.24, 2.45) is 5.92 Å². The van der Waals surface area contributed by atoms with Gasteiger partial charge >= 0.3 is 12.1 Å². The first kappa shape index (κ1) is 47.9. The summed E-state index contributed by atoms with van der Waals surface area (Å²) in [5.74, 6) is -2.73. The first-order valence-corrected chi connectivity index (χ1v) is 22.6. The molecule has 68 heavy (non-hydrogen) atoms. The Bertz CT molecular complexity index is 2650.